The van der Waals surface area contributed by atoms with Gasteiger partial charge < -0.3 is 5.11 Å². The summed E-state index contributed by atoms with van der Waals surface area (Å²) in [6.07, 6.45) is 2.23. The molecule has 1 rings (SSSR count). The van der Waals surface area contributed by atoms with Gasteiger partial charge in [0.05, 0.1) is 10.8 Å². The van der Waals surface area contributed by atoms with E-state index in [-0.39, 0.29) is 17.4 Å². The van der Waals surface area contributed by atoms with Gasteiger partial charge in [-0.25, -0.2) is 13.1 Å². The summed E-state index contributed by atoms with van der Waals surface area (Å²) in [6.45, 7) is 3.72. The number of carbonyl (C=O) groups is 1. The van der Waals surface area contributed by atoms with Gasteiger partial charge in [-0.1, -0.05) is 26.0 Å². The molecule has 7 heteroatoms. The Hall–Kier alpha value is -1.05. The number of nitrogens with one attached hydrogen (secondary N) is 1. The molecule has 0 spiro atoms. The van der Waals surface area contributed by atoms with Crippen LogP contribution in [-0.2, 0) is 14.8 Å². The van der Waals surface area contributed by atoms with Gasteiger partial charge in [0.1, 0.15) is 0 Å². The molecule has 0 aliphatic heterocycles. The van der Waals surface area contributed by atoms with Crippen molar-refractivity contribution >= 4 is 27.8 Å². The van der Waals surface area contributed by atoms with Crippen molar-refractivity contribution in [1.29, 1.82) is 0 Å². The van der Waals surface area contributed by atoms with Crippen molar-refractivity contribution < 1.29 is 18.3 Å². The highest BCUT2D eigenvalue weighted by Crippen LogP contribution is 2.24. The number of rotatable bonds is 8. The fourth-order valence-electron chi connectivity index (χ4n) is 1.97. The molecule has 0 aliphatic rings. The maximum atomic E-state index is 12.3. The molecule has 0 saturated carbocycles. The van der Waals surface area contributed by atoms with E-state index < -0.39 is 21.9 Å². The number of hydrogen-bond acceptors (Lipinski definition) is 4. The van der Waals surface area contributed by atoms with E-state index in [4.69, 9.17) is 5.11 Å². The Bertz CT molecular complexity index is 584. The van der Waals surface area contributed by atoms with Crippen LogP contribution in [0.4, 0.5) is 0 Å². The highest BCUT2D eigenvalue weighted by molar-refractivity contribution is 7.99. The molecule has 1 aromatic carbocycles. The van der Waals surface area contributed by atoms with E-state index in [1.165, 1.54) is 17.8 Å². The number of hydrogen-bond donors (Lipinski definition) is 2. The first-order valence-corrected chi connectivity index (χ1v) is 9.34. The minimum absolute atomic E-state index is 0.0986. The molecule has 0 aromatic heterocycles. The quantitative estimate of drug-likeness (QED) is 0.715. The molecule has 1 atom stereocenters. The molecule has 5 nitrogen and oxygen atoms in total. The summed E-state index contributed by atoms with van der Waals surface area (Å²) in [5.41, 5.74) is 0. The Morgan fingerprint density at radius 2 is 1.95 bits per heavy atom. The summed E-state index contributed by atoms with van der Waals surface area (Å²) in [4.78, 5) is 12.0. The Balaban J connectivity index is 2.87. The third kappa shape index (κ3) is 5.33. The summed E-state index contributed by atoms with van der Waals surface area (Å²) >= 11 is 1.34. The maximum Gasteiger partial charge on any atom is 0.307 e. The van der Waals surface area contributed by atoms with Crippen molar-refractivity contribution in [2.45, 2.75) is 30.1 Å². The van der Waals surface area contributed by atoms with E-state index in [9.17, 15) is 13.2 Å². The summed E-state index contributed by atoms with van der Waals surface area (Å²) in [5, 5.41) is 9.15. The molecule has 1 unspecified atom stereocenters. The molecule has 0 saturated heterocycles. The molecule has 21 heavy (non-hydrogen) atoms. The second-order valence-electron chi connectivity index (χ2n) is 5.17. The topological polar surface area (TPSA) is 83.5 Å². The number of thioether (sulfide) groups is 1. The predicted molar refractivity (Wildman–Crippen MR) is 84.0 cm³/mol. The number of benzene rings is 1. The highest BCUT2D eigenvalue weighted by Gasteiger charge is 2.23. The van der Waals surface area contributed by atoms with Crippen LogP contribution in [0.15, 0.2) is 34.1 Å². The zero-order valence-corrected chi connectivity index (χ0v) is 14.0. The number of sulfonamides is 1. The largest absolute Gasteiger partial charge is 0.481 e. The van der Waals surface area contributed by atoms with Crippen LogP contribution in [-0.4, -0.2) is 32.3 Å². The Kier molecular flexibility index (Phi) is 6.70. The van der Waals surface area contributed by atoms with Crippen LogP contribution in [0, 0.1) is 11.8 Å². The first-order valence-electron chi connectivity index (χ1n) is 6.63. The second kappa shape index (κ2) is 7.82. The predicted octanol–water partition coefficient (Wildman–Crippen LogP) is 2.43. The van der Waals surface area contributed by atoms with Crippen molar-refractivity contribution in [3.63, 3.8) is 0 Å². The zero-order chi connectivity index (χ0) is 16.0. The number of carboxylic acid groups (broad SMARTS) is 1. The molecule has 0 aliphatic carbocycles. The van der Waals surface area contributed by atoms with Gasteiger partial charge in [-0.15, -0.1) is 11.8 Å². The fraction of sp³-hybridized carbons (Fsp3) is 0.500. The molecular weight excluding hydrogens is 310 g/mol. The van der Waals surface area contributed by atoms with Gasteiger partial charge >= 0.3 is 5.97 Å². The van der Waals surface area contributed by atoms with Crippen LogP contribution in [0.25, 0.3) is 0 Å². The molecule has 0 heterocycles. The monoisotopic (exact) mass is 331 g/mol. The van der Waals surface area contributed by atoms with Crippen LogP contribution >= 0.6 is 11.8 Å². The minimum Gasteiger partial charge on any atom is -0.481 e. The molecule has 0 radical (unpaired) electrons. The SMILES string of the molecule is CSc1ccccc1S(=O)(=O)NCC(CC(C)C)C(=O)O. The first-order chi connectivity index (χ1) is 9.77. The van der Waals surface area contributed by atoms with Crippen molar-refractivity contribution in [1.82, 2.24) is 4.72 Å². The molecular formula is C14H21NO4S2. The van der Waals surface area contributed by atoms with Crippen LogP contribution in [0.1, 0.15) is 20.3 Å². The number of carboxylic acids is 1. The lowest BCUT2D eigenvalue weighted by molar-refractivity contribution is -0.142. The Labute approximate surface area is 130 Å². The standard InChI is InChI=1S/C14H21NO4S2/c1-10(2)8-11(14(16)17)9-15-21(18,19)13-7-5-4-6-12(13)20-3/h4-7,10-11,15H,8-9H2,1-3H3,(H,16,17). The molecule has 0 amide bonds. The zero-order valence-electron chi connectivity index (χ0n) is 12.4. The lowest BCUT2D eigenvalue weighted by Crippen LogP contribution is -2.33. The van der Waals surface area contributed by atoms with Crippen molar-refractivity contribution in [2.75, 3.05) is 12.8 Å². The van der Waals surface area contributed by atoms with E-state index in [1.54, 1.807) is 24.5 Å². The lowest BCUT2D eigenvalue weighted by atomic mass is 9.98. The molecule has 0 fully saturated rings. The van der Waals surface area contributed by atoms with Crippen LogP contribution in [0.2, 0.25) is 0 Å². The van der Waals surface area contributed by atoms with Crippen LogP contribution in [0.3, 0.4) is 0 Å². The van der Waals surface area contributed by atoms with E-state index in [1.807, 2.05) is 13.8 Å². The molecule has 1 aromatic rings. The van der Waals surface area contributed by atoms with Gasteiger partial charge in [-0.05, 0) is 30.7 Å². The highest BCUT2D eigenvalue weighted by atomic mass is 32.2. The normalized spacial score (nSPS) is 13.3. The molecule has 118 valence electrons. The van der Waals surface area contributed by atoms with Crippen molar-refractivity contribution in [3.05, 3.63) is 24.3 Å². The summed E-state index contributed by atoms with van der Waals surface area (Å²) < 4.78 is 27.0. The van der Waals surface area contributed by atoms with Gasteiger partial charge in [-0.3, -0.25) is 4.79 Å². The third-order valence-corrected chi connectivity index (χ3v) is 5.39. The van der Waals surface area contributed by atoms with E-state index in [2.05, 4.69) is 4.72 Å². The Morgan fingerprint density at radius 1 is 1.33 bits per heavy atom. The average Bonchev–Trinajstić information content (AvgIpc) is 2.42. The molecule has 2 N–H and O–H groups in total. The van der Waals surface area contributed by atoms with Gasteiger partial charge in [0.2, 0.25) is 10.0 Å². The maximum absolute atomic E-state index is 12.3. The third-order valence-electron chi connectivity index (χ3n) is 2.98. The van der Waals surface area contributed by atoms with Gasteiger partial charge in [-0.2, -0.15) is 0 Å². The lowest BCUT2D eigenvalue weighted by Gasteiger charge is -2.16. The van der Waals surface area contributed by atoms with Gasteiger partial charge in [0.15, 0.2) is 0 Å². The summed E-state index contributed by atoms with van der Waals surface area (Å²) in [5.74, 6) is -1.51. The fourth-order valence-corrected chi connectivity index (χ4v) is 4.20. The molecule has 0 bridgehead atoms. The minimum atomic E-state index is -3.70. The van der Waals surface area contributed by atoms with Crippen molar-refractivity contribution in [3.8, 4) is 0 Å². The van der Waals surface area contributed by atoms with Gasteiger partial charge in [0, 0.05) is 11.4 Å². The van der Waals surface area contributed by atoms with E-state index in [0.29, 0.717) is 11.3 Å². The van der Waals surface area contributed by atoms with Crippen LogP contribution in [0.5, 0.6) is 0 Å². The van der Waals surface area contributed by atoms with E-state index >= 15 is 0 Å². The summed E-state index contributed by atoms with van der Waals surface area (Å²) in [6, 6.07) is 6.66. The Morgan fingerprint density at radius 3 is 2.48 bits per heavy atom. The second-order valence-corrected chi connectivity index (χ2v) is 7.75. The average molecular weight is 331 g/mol. The van der Waals surface area contributed by atoms with Gasteiger partial charge in [0.25, 0.3) is 0 Å². The summed E-state index contributed by atoms with van der Waals surface area (Å²) in [7, 11) is -3.70. The smallest absolute Gasteiger partial charge is 0.307 e. The van der Waals surface area contributed by atoms with Crippen molar-refractivity contribution in [2.24, 2.45) is 11.8 Å². The van der Waals surface area contributed by atoms with Crippen LogP contribution < -0.4 is 4.72 Å². The first kappa shape index (κ1) is 18.0. The van der Waals surface area contributed by atoms with E-state index in [0.717, 1.165) is 0 Å². The number of aliphatic carboxylic acids is 1.